The molecule has 0 radical (unpaired) electrons. The van der Waals surface area contributed by atoms with E-state index in [4.69, 9.17) is 21.4 Å². The van der Waals surface area contributed by atoms with Crippen molar-refractivity contribution in [2.24, 2.45) is 29.1 Å². The van der Waals surface area contributed by atoms with E-state index in [0.717, 1.165) is 15.9 Å². The number of carbonyl (C=O) groups excluding carboxylic acids is 4. The zero-order valence-electron chi connectivity index (χ0n) is 24.0. The number of phenols is 1. The van der Waals surface area contributed by atoms with Crippen molar-refractivity contribution in [3.63, 3.8) is 0 Å². The molecule has 0 spiro atoms. The van der Waals surface area contributed by atoms with Crippen LogP contribution in [0.2, 0.25) is 5.02 Å². The van der Waals surface area contributed by atoms with Crippen molar-refractivity contribution in [1.29, 1.82) is 0 Å². The van der Waals surface area contributed by atoms with Gasteiger partial charge in [-0.15, -0.1) is 0 Å². The predicted molar refractivity (Wildman–Crippen MR) is 154 cm³/mol. The number of rotatable bonds is 7. The van der Waals surface area contributed by atoms with Gasteiger partial charge < -0.3 is 14.9 Å². The number of amides is 4. The number of nitrogens with zero attached hydrogens (tertiary/aromatic N) is 2. The molecule has 1 saturated carbocycles. The first-order chi connectivity index (χ1) is 20.9. The van der Waals surface area contributed by atoms with Gasteiger partial charge in [0.2, 0.25) is 23.6 Å². The molecule has 6 unspecified atom stereocenters. The second-order valence-electron chi connectivity index (χ2n) is 12.0. The fourth-order valence-electron chi connectivity index (χ4n) is 7.87. The van der Waals surface area contributed by atoms with E-state index < -0.39 is 64.5 Å². The van der Waals surface area contributed by atoms with Crippen LogP contribution in [0.5, 0.6) is 11.5 Å². The summed E-state index contributed by atoms with van der Waals surface area (Å²) >= 11 is 6.03. The number of aliphatic carboxylic acids is 1. The Kier molecular flexibility index (Phi) is 7.27. The van der Waals surface area contributed by atoms with E-state index in [9.17, 15) is 33.5 Å². The second kappa shape index (κ2) is 10.7. The Labute approximate surface area is 257 Å². The quantitative estimate of drug-likeness (QED) is 0.343. The van der Waals surface area contributed by atoms with Crippen molar-refractivity contribution in [3.05, 3.63) is 64.5 Å². The molecule has 0 bridgehead atoms. The molecule has 6 atom stereocenters. The summed E-state index contributed by atoms with van der Waals surface area (Å²) in [5.74, 6) is -7.62. The molecule has 2 aliphatic carbocycles. The van der Waals surface area contributed by atoms with E-state index in [-0.39, 0.29) is 65.9 Å². The smallest absolute Gasteiger partial charge is 0.303 e. The normalized spacial score (nSPS) is 29.4. The number of carbonyl (C=O) groups is 5. The molecule has 2 aromatic rings. The number of fused-ring (bicyclic) bond motifs is 4. The lowest BCUT2D eigenvalue weighted by molar-refractivity contribution is -0.142. The van der Waals surface area contributed by atoms with Crippen molar-refractivity contribution >= 4 is 46.9 Å². The SMILES string of the molecule is COc1cccc(O)c1C1C2=CCC3C(=O)N(CCCC(=O)O)C(=O)C3C2CC2C(=O)N(c3ccc(F)c(Cl)c3)C(=O)C21C. The van der Waals surface area contributed by atoms with Crippen LogP contribution in [0.1, 0.15) is 44.1 Å². The minimum Gasteiger partial charge on any atom is -0.508 e. The number of ether oxygens (including phenoxy) is 1. The van der Waals surface area contributed by atoms with Gasteiger partial charge in [-0.2, -0.15) is 0 Å². The molecule has 2 aliphatic heterocycles. The standard InChI is InChI=1S/C32H30ClFN2O8/c1-32-19(29(41)36(31(32)43)15-8-11-21(34)20(33)13-15)14-18-16(27(32)26-22(37)5-3-6-23(26)44-2)9-10-17-25(18)30(42)35(28(17)40)12-4-7-24(38)39/h3,5-6,8-9,11,13,17-19,25,27,37H,4,7,10,12,14H2,1-2H3,(H,38,39). The lowest BCUT2D eigenvalue weighted by Gasteiger charge is -2.49. The van der Waals surface area contributed by atoms with Gasteiger partial charge >= 0.3 is 5.97 Å². The summed E-state index contributed by atoms with van der Waals surface area (Å²) in [6.07, 6.45) is 2.02. The molecule has 2 N–H and O–H groups in total. The van der Waals surface area contributed by atoms with Crippen molar-refractivity contribution < 1.29 is 43.3 Å². The van der Waals surface area contributed by atoms with Gasteiger partial charge in [0.15, 0.2) is 0 Å². The van der Waals surface area contributed by atoms with Gasteiger partial charge in [-0.05, 0) is 62.4 Å². The number of aromatic hydroxyl groups is 1. The number of hydrogen-bond acceptors (Lipinski definition) is 7. The number of benzene rings is 2. The number of likely N-dealkylation sites (tertiary alicyclic amines) is 1. The van der Waals surface area contributed by atoms with Gasteiger partial charge in [-0.3, -0.25) is 28.9 Å². The number of carboxylic acid groups (broad SMARTS) is 1. The molecule has 2 aromatic carbocycles. The monoisotopic (exact) mass is 624 g/mol. The number of imide groups is 2. The highest BCUT2D eigenvalue weighted by Crippen LogP contribution is 2.65. The van der Waals surface area contributed by atoms with Crippen LogP contribution < -0.4 is 9.64 Å². The van der Waals surface area contributed by atoms with Crippen molar-refractivity contribution in [2.75, 3.05) is 18.6 Å². The van der Waals surface area contributed by atoms with E-state index in [0.29, 0.717) is 5.57 Å². The number of hydrogen-bond donors (Lipinski definition) is 2. The van der Waals surface area contributed by atoms with Crippen molar-refractivity contribution in [3.8, 4) is 11.5 Å². The molecule has 2 saturated heterocycles. The minimum atomic E-state index is -1.45. The van der Waals surface area contributed by atoms with Crippen LogP contribution in [0.15, 0.2) is 48.0 Å². The Hall–Kier alpha value is -4.25. The van der Waals surface area contributed by atoms with E-state index >= 15 is 0 Å². The van der Waals surface area contributed by atoms with Crippen LogP contribution in [0.3, 0.4) is 0 Å². The molecule has 230 valence electrons. The molecule has 2 heterocycles. The zero-order chi connectivity index (χ0) is 31.7. The van der Waals surface area contributed by atoms with E-state index in [1.165, 1.54) is 25.3 Å². The van der Waals surface area contributed by atoms with E-state index in [2.05, 4.69) is 0 Å². The molecule has 3 fully saturated rings. The summed E-state index contributed by atoms with van der Waals surface area (Å²) in [4.78, 5) is 69.0. The minimum absolute atomic E-state index is 0.0343. The van der Waals surface area contributed by atoms with Gasteiger partial charge in [0, 0.05) is 24.4 Å². The molecule has 4 aliphatic rings. The highest BCUT2D eigenvalue weighted by Gasteiger charge is 2.68. The highest BCUT2D eigenvalue weighted by atomic mass is 35.5. The molecule has 12 heteroatoms. The maximum absolute atomic E-state index is 14.4. The largest absolute Gasteiger partial charge is 0.508 e. The number of carboxylic acids is 1. The molecular formula is C32H30ClFN2O8. The summed E-state index contributed by atoms with van der Waals surface area (Å²) < 4.78 is 19.7. The van der Waals surface area contributed by atoms with Crippen LogP contribution in [-0.2, 0) is 24.0 Å². The first-order valence-corrected chi connectivity index (χ1v) is 14.8. The Morgan fingerprint density at radius 1 is 1.11 bits per heavy atom. The highest BCUT2D eigenvalue weighted by molar-refractivity contribution is 6.31. The van der Waals surface area contributed by atoms with E-state index in [1.807, 2.05) is 6.08 Å². The molecule has 6 rings (SSSR count). The number of methoxy groups -OCH3 is 1. The summed E-state index contributed by atoms with van der Waals surface area (Å²) in [5, 5.41) is 20.0. The number of phenolic OH excluding ortho intramolecular Hbond substituents is 1. The lowest BCUT2D eigenvalue weighted by atomic mass is 9.51. The van der Waals surface area contributed by atoms with Crippen LogP contribution in [0.25, 0.3) is 0 Å². The van der Waals surface area contributed by atoms with Gasteiger partial charge in [-0.25, -0.2) is 9.29 Å². The molecule has 4 amide bonds. The average Bonchev–Trinajstić information content (AvgIpc) is 3.34. The Balaban J connectivity index is 1.49. The third kappa shape index (κ3) is 4.23. The average molecular weight is 625 g/mol. The van der Waals surface area contributed by atoms with Crippen LogP contribution >= 0.6 is 11.6 Å². The fourth-order valence-corrected chi connectivity index (χ4v) is 8.04. The summed E-state index contributed by atoms with van der Waals surface area (Å²) in [7, 11) is 1.42. The first-order valence-electron chi connectivity index (χ1n) is 14.4. The summed E-state index contributed by atoms with van der Waals surface area (Å²) in [6, 6.07) is 8.26. The van der Waals surface area contributed by atoms with Crippen LogP contribution in [0.4, 0.5) is 10.1 Å². The number of halogens is 2. The zero-order valence-corrected chi connectivity index (χ0v) is 24.7. The Bertz CT molecular complexity index is 1660. The topological polar surface area (TPSA) is 142 Å². The molecule has 0 aromatic heterocycles. The summed E-state index contributed by atoms with van der Waals surface area (Å²) in [6.45, 7) is 1.62. The summed E-state index contributed by atoms with van der Waals surface area (Å²) in [5.41, 5.74) is -0.423. The number of allylic oxidation sites excluding steroid dienone is 2. The predicted octanol–water partition coefficient (Wildman–Crippen LogP) is 4.29. The van der Waals surface area contributed by atoms with Crippen LogP contribution in [-0.4, -0.2) is 58.4 Å². The van der Waals surface area contributed by atoms with Gasteiger partial charge in [0.1, 0.15) is 17.3 Å². The fraction of sp³-hybridized carbons (Fsp3) is 0.406. The van der Waals surface area contributed by atoms with Crippen LogP contribution in [0, 0.1) is 34.9 Å². The van der Waals surface area contributed by atoms with Gasteiger partial charge in [0.05, 0.1) is 41.0 Å². The van der Waals surface area contributed by atoms with Crippen molar-refractivity contribution in [2.45, 2.75) is 38.5 Å². The third-order valence-corrected chi connectivity index (χ3v) is 10.1. The van der Waals surface area contributed by atoms with Crippen molar-refractivity contribution in [1.82, 2.24) is 4.90 Å². The van der Waals surface area contributed by atoms with Gasteiger partial charge in [0.25, 0.3) is 0 Å². The van der Waals surface area contributed by atoms with E-state index in [1.54, 1.807) is 19.1 Å². The third-order valence-electron chi connectivity index (χ3n) is 9.85. The molecule has 44 heavy (non-hydrogen) atoms. The lowest BCUT2D eigenvalue weighted by Crippen LogP contribution is -2.49. The molecule has 10 nitrogen and oxygen atoms in total. The molecular weight excluding hydrogens is 595 g/mol. The Morgan fingerprint density at radius 3 is 2.55 bits per heavy atom. The maximum Gasteiger partial charge on any atom is 0.303 e. The Morgan fingerprint density at radius 2 is 1.86 bits per heavy atom. The second-order valence-corrected chi connectivity index (χ2v) is 12.4. The number of anilines is 1. The van der Waals surface area contributed by atoms with Gasteiger partial charge in [-0.1, -0.05) is 29.3 Å². The first kappa shape index (κ1) is 29.8. The maximum atomic E-state index is 14.4.